The Morgan fingerprint density at radius 2 is 2.06 bits per heavy atom. The van der Waals surface area contributed by atoms with Crippen LogP contribution in [0, 0.1) is 12.7 Å². The Bertz CT molecular complexity index is 559. The third kappa shape index (κ3) is 3.14. The zero-order valence-electron chi connectivity index (χ0n) is 9.45. The van der Waals surface area contributed by atoms with Crippen molar-refractivity contribution in [3.05, 3.63) is 40.2 Å². The van der Waals surface area contributed by atoms with Gasteiger partial charge < -0.3 is 4.74 Å². The van der Waals surface area contributed by atoms with Gasteiger partial charge in [0.05, 0.1) is 0 Å². The highest BCUT2D eigenvalue weighted by Gasteiger charge is 2.05. The number of hydrogen-bond acceptors (Lipinski definition) is 5. The fourth-order valence-corrected chi connectivity index (χ4v) is 1.81. The Labute approximate surface area is 111 Å². The number of ether oxygens (including phenoxy) is 1. The van der Waals surface area contributed by atoms with E-state index in [-0.39, 0.29) is 11.8 Å². The van der Waals surface area contributed by atoms with Crippen molar-refractivity contribution in [2.45, 2.75) is 6.92 Å². The molecule has 0 saturated heterocycles. The van der Waals surface area contributed by atoms with E-state index in [2.05, 4.69) is 31.3 Å². The third-order valence-electron chi connectivity index (χ3n) is 2.02. The summed E-state index contributed by atoms with van der Waals surface area (Å²) in [5, 5.41) is 0. The molecule has 0 amide bonds. The zero-order valence-corrected chi connectivity index (χ0v) is 11.0. The van der Waals surface area contributed by atoms with Gasteiger partial charge in [0, 0.05) is 22.3 Å². The molecular formula is C11H10BrFN4O. The van der Waals surface area contributed by atoms with Gasteiger partial charge in [-0.1, -0.05) is 15.9 Å². The summed E-state index contributed by atoms with van der Waals surface area (Å²) in [6.07, 6.45) is 0. The molecule has 7 heteroatoms. The molecule has 1 aromatic heterocycles. The van der Waals surface area contributed by atoms with Crippen LogP contribution in [0.15, 0.2) is 28.7 Å². The van der Waals surface area contributed by atoms with E-state index in [4.69, 9.17) is 10.6 Å². The number of benzene rings is 1. The molecular weight excluding hydrogens is 303 g/mol. The van der Waals surface area contributed by atoms with Gasteiger partial charge in [-0.25, -0.2) is 15.2 Å². The Hall–Kier alpha value is -1.73. The van der Waals surface area contributed by atoms with Crippen LogP contribution in [0.2, 0.25) is 0 Å². The molecule has 1 aromatic carbocycles. The standard InChI is InChI=1S/C11H10BrFN4O/c1-6-2-10(16-11(15-6)17-14)18-9-4-7(12)3-8(13)5-9/h2-5H,14H2,1H3,(H,15,16,17). The maximum absolute atomic E-state index is 13.2. The monoisotopic (exact) mass is 312 g/mol. The normalized spacial score (nSPS) is 10.2. The van der Waals surface area contributed by atoms with Gasteiger partial charge in [0.2, 0.25) is 11.8 Å². The fraction of sp³-hybridized carbons (Fsp3) is 0.0909. The molecule has 5 nitrogen and oxygen atoms in total. The average molecular weight is 313 g/mol. The zero-order chi connectivity index (χ0) is 13.1. The number of nitrogen functional groups attached to an aromatic ring is 1. The number of aromatic nitrogens is 2. The number of rotatable bonds is 3. The van der Waals surface area contributed by atoms with E-state index in [0.717, 1.165) is 0 Å². The van der Waals surface area contributed by atoms with Crippen LogP contribution in [0.3, 0.4) is 0 Å². The first-order valence-electron chi connectivity index (χ1n) is 5.03. The van der Waals surface area contributed by atoms with Gasteiger partial charge in [-0.2, -0.15) is 4.98 Å². The van der Waals surface area contributed by atoms with E-state index in [0.29, 0.717) is 15.9 Å². The van der Waals surface area contributed by atoms with E-state index in [9.17, 15) is 4.39 Å². The minimum atomic E-state index is -0.401. The summed E-state index contributed by atoms with van der Waals surface area (Å²) >= 11 is 3.18. The first-order chi connectivity index (χ1) is 8.56. The molecule has 3 N–H and O–H groups in total. The first kappa shape index (κ1) is 12.7. The molecule has 0 fully saturated rings. The maximum Gasteiger partial charge on any atom is 0.240 e. The van der Waals surface area contributed by atoms with Crippen molar-refractivity contribution >= 4 is 21.9 Å². The highest BCUT2D eigenvalue weighted by atomic mass is 79.9. The van der Waals surface area contributed by atoms with Gasteiger partial charge in [-0.3, -0.25) is 5.43 Å². The number of nitrogens with one attached hydrogen (secondary N) is 1. The first-order valence-corrected chi connectivity index (χ1v) is 5.82. The van der Waals surface area contributed by atoms with E-state index in [1.54, 1.807) is 19.1 Å². The summed E-state index contributed by atoms with van der Waals surface area (Å²) in [6.45, 7) is 1.77. The van der Waals surface area contributed by atoms with Crippen molar-refractivity contribution in [3.63, 3.8) is 0 Å². The second-order valence-electron chi connectivity index (χ2n) is 3.52. The van der Waals surface area contributed by atoms with Gasteiger partial charge in [0.15, 0.2) is 0 Å². The van der Waals surface area contributed by atoms with Crippen molar-refractivity contribution in [1.29, 1.82) is 0 Å². The molecule has 0 bridgehead atoms. The third-order valence-corrected chi connectivity index (χ3v) is 2.48. The van der Waals surface area contributed by atoms with Gasteiger partial charge in [0.25, 0.3) is 0 Å². The predicted molar refractivity (Wildman–Crippen MR) is 68.8 cm³/mol. The lowest BCUT2D eigenvalue weighted by Gasteiger charge is -2.07. The highest BCUT2D eigenvalue weighted by molar-refractivity contribution is 9.10. The SMILES string of the molecule is Cc1cc(Oc2cc(F)cc(Br)c2)nc(NN)n1. The highest BCUT2D eigenvalue weighted by Crippen LogP contribution is 2.25. The van der Waals surface area contributed by atoms with E-state index in [1.165, 1.54) is 12.1 Å². The number of anilines is 1. The molecule has 0 aliphatic rings. The summed E-state index contributed by atoms with van der Waals surface area (Å²) in [6, 6.07) is 5.86. The maximum atomic E-state index is 13.2. The number of aryl methyl sites for hydroxylation is 1. The summed E-state index contributed by atoms with van der Waals surface area (Å²) in [5.41, 5.74) is 3.01. The van der Waals surface area contributed by atoms with Crippen molar-refractivity contribution in [2.75, 3.05) is 5.43 Å². The Kier molecular flexibility index (Phi) is 3.73. The average Bonchev–Trinajstić information content (AvgIpc) is 2.26. The van der Waals surface area contributed by atoms with Gasteiger partial charge in [-0.15, -0.1) is 0 Å². The second-order valence-corrected chi connectivity index (χ2v) is 4.44. The molecule has 0 aliphatic carbocycles. The molecule has 0 atom stereocenters. The number of hydrogen-bond donors (Lipinski definition) is 2. The summed E-state index contributed by atoms with van der Waals surface area (Å²) < 4.78 is 19.2. The molecule has 0 unspecified atom stereocenters. The number of hydrazine groups is 1. The molecule has 0 saturated carbocycles. The quantitative estimate of drug-likeness (QED) is 0.673. The van der Waals surface area contributed by atoms with Crippen LogP contribution in [0.5, 0.6) is 11.6 Å². The molecule has 0 radical (unpaired) electrons. The summed E-state index contributed by atoms with van der Waals surface area (Å²) in [7, 11) is 0. The lowest BCUT2D eigenvalue weighted by Crippen LogP contribution is -2.11. The van der Waals surface area contributed by atoms with Crippen LogP contribution >= 0.6 is 15.9 Å². The Morgan fingerprint density at radius 1 is 1.28 bits per heavy atom. The largest absolute Gasteiger partial charge is 0.439 e. The number of nitrogens with zero attached hydrogens (tertiary/aromatic N) is 2. The molecule has 0 spiro atoms. The van der Waals surface area contributed by atoms with Gasteiger partial charge in [-0.05, 0) is 19.1 Å². The van der Waals surface area contributed by atoms with Gasteiger partial charge in [0.1, 0.15) is 11.6 Å². The minimum absolute atomic E-state index is 0.237. The molecule has 18 heavy (non-hydrogen) atoms. The summed E-state index contributed by atoms with van der Waals surface area (Å²) in [5.74, 6) is 5.69. The van der Waals surface area contributed by atoms with Crippen LogP contribution in [-0.2, 0) is 0 Å². The van der Waals surface area contributed by atoms with E-state index < -0.39 is 5.82 Å². The number of nitrogens with two attached hydrogens (primary N) is 1. The molecule has 1 heterocycles. The molecule has 0 aliphatic heterocycles. The van der Waals surface area contributed by atoms with E-state index in [1.807, 2.05) is 0 Å². The lowest BCUT2D eigenvalue weighted by molar-refractivity contribution is 0.456. The smallest absolute Gasteiger partial charge is 0.240 e. The van der Waals surface area contributed by atoms with Crippen LogP contribution in [-0.4, -0.2) is 9.97 Å². The van der Waals surface area contributed by atoms with Crippen molar-refractivity contribution < 1.29 is 9.13 Å². The van der Waals surface area contributed by atoms with Crippen LogP contribution in [0.1, 0.15) is 5.69 Å². The molecule has 2 aromatic rings. The van der Waals surface area contributed by atoms with Crippen LogP contribution in [0.25, 0.3) is 0 Å². The molecule has 2 rings (SSSR count). The van der Waals surface area contributed by atoms with Crippen molar-refractivity contribution in [1.82, 2.24) is 9.97 Å². The van der Waals surface area contributed by atoms with Crippen LogP contribution < -0.4 is 16.0 Å². The fourth-order valence-electron chi connectivity index (χ4n) is 1.36. The minimum Gasteiger partial charge on any atom is -0.439 e. The predicted octanol–water partition coefficient (Wildman–Crippen LogP) is 2.76. The van der Waals surface area contributed by atoms with Crippen molar-refractivity contribution in [3.8, 4) is 11.6 Å². The van der Waals surface area contributed by atoms with Crippen LogP contribution in [0.4, 0.5) is 10.3 Å². The molecule has 94 valence electrons. The lowest BCUT2D eigenvalue weighted by atomic mass is 10.3. The van der Waals surface area contributed by atoms with Gasteiger partial charge >= 0.3 is 0 Å². The summed E-state index contributed by atoms with van der Waals surface area (Å²) in [4.78, 5) is 8.02. The Balaban J connectivity index is 2.30. The van der Waals surface area contributed by atoms with E-state index >= 15 is 0 Å². The Morgan fingerprint density at radius 3 is 2.72 bits per heavy atom. The second kappa shape index (κ2) is 5.28. The van der Waals surface area contributed by atoms with Crippen molar-refractivity contribution in [2.24, 2.45) is 5.84 Å². The topological polar surface area (TPSA) is 73.1 Å². The number of halogens is 2.